The van der Waals surface area contributed by atoms with Crippen LogP contribution in [-0.4, -0.2) is 40.6 Å². The van der Waals surface area contributed by atoms with Crippen LogP contribution in [0.5, 0.6) is 0 Å². The molecule has 0 radical (unpaired) electrons. The summed E-state index contributed by atoms with van der Waals surface area (Å²) < 4.78 is -1.11. The second-order valence-electron chi connectivity index (χ2n) is 2.96. The van der Waals surface area contributed by atoms with Crippen molar-refractivity contribution in [2.45, 2.75) is 17.2 Å². The van der Waals surface area contributed by atoms with Crippen LogP contribution in [0, 0.1) is 0 Å². The molecule has 0 unspecified atom stereocenters. The number of carbonyl (C=O) groups is 1. The molecule has 0 saturated heterocycles. The zero-order valence-electron chi connectivity index (χ0n) is 7.41. The van der Waals surface area contributed by atoms with Crippen molar-refractivity contribution in [2.75, 3.05) is 0 Å². The molecule has 1 aromatic carbocycles. The molecule has 0 aliphatic carbocycles. The molecule has 78 valence electrons. The number of carboxylic acid groups (broad SMARTS) is 1. The molecule has 1 aromatic rings. The first-order valence-electron chi connectivity index (χ1n) is 4.17. The van der Waals surface area contributed by atoms with E-state index in [1.54, 1.807) is 12.1 Å². The number of alkyl halides is 2. The molecule has 1 rings (SSSR count). The van der Waals surface area contributed by atoms with Crippen LogP contribution in [0.25, 0.3) is 0 Å². The van der Waals surface area contributed by atoms with Gasteiger partial charge in [-0.3, -0.25) is 4.79 Å². The number of hydrogen-bond donors (Lipinski definition) is 1. The van der Waals surface area contributed by atoms with Gasteiger partial charge in [-0.2, -0.15) is 0 Å². The molecule has 0 bridgehead atoms. The molecule has 0 aliphatic heterocycles. The van der Waals surface area contributed by atoms with Crippen molar-refractivity contribution in [3.05, 3.63) is 35.9 Å². The number of carboxylic acids is 1. The first kappa shape index (κ1) is 15.3. The first-order valence-corrected chi connectivity index (χ1v) is 4.93. The molecule has 0 aliphatic rings. The van der Waals surface area contributed by atoms with Gasteiger partial charge in [-0.15, -0.1) is 0 Å². The van der Waals surface area contributed by atoms with Crippen LogP contribution in [0.15, 0.2) is 30.3 Å². The summed E-state index contributed by atoms with van der Waals surface area (Å²) in [6, 6.07) is 9.04. The predicted octanol–water partition coefficient (Wildman–Crippen LogP) is 2.53. The maximum absolute atomic E-state index is 10.4. The van der Waals surface area contributed by atoms with Crippen LogP contribution >= 0.6 is 23.2 Å². The molecule has 0 saturated carbocycles. The molecule has 15 heavy (non-hydrogen) atoms. The van der Waals surface area contributed by atoms with Gasteiger partial charge in [0, 0.05) is 6.42 Å². The summed E-state index contributed by atoms with van der Waals surface area (Å²) >= 11 is 12.0. The van der Waals surface area contributed by atoms with Crippen LogP contribution in [0.3, 0.4) is 0 Å². The number of aliphatic carboxylic acids is 1. The van der Waals surface area contributed by atoms with Gasteiger partial charge in [0.15, 0.2) is 0 Å². The maximum atomic E-state index is 10.4. The average molecular weight is 257 g/mol. The van der Waals surface area contributed by atoms with Gasteiger partial charge in [0.1, 0.15) is 4.33 Å². The SMILES string of the molecule is O=C(O)CCC(Cl)(Cl)c1ccccc1.[NaH]. The topological polar surface area (TPSA) is 37.3 Å². The normalized spacial score (nSPS) is 10.5. The zero-order valence-corrected chi connectivity index (χ0v) is 8.92. The van der Waals surface area contributed by atoms with Gasteiger partial charge in [-0.25, -0.2) is 0 Å². The van der Waals surface area contributed by atoms with E-state index in [4.69, 9.17) is 28.3 Å². The number of benzene rings is 1. The van der Waals surface area contributed by atoms with Crippen molar-refractivity contribution in [3.8, 4) is 0 Å². The Balaban J connectivity index is 0.00000196. The third-order valence-corrected chi connectivity index (χ3v) is 2.66. The van der Waals surface area contributed by atoms with Crippen molar-refractivity contribution >= 4 is 58.7 Å². The Morgan fingerprint density at radius 2 is 1.80 bits per heavy atom. The molecule has 0 amide bonds. The second kappa shape index (κ2) is 6.77. The van der Waals surface area contributed by atoms with Gasteiger partial charge in [0.05, 0.1) is 0 Å². The summed E-state index contributed by atoms with van der Waals surface area (Å²) in [5.74, 6) is -0.897. The fourth-order valence-electron chi connectivity index (χ4n) is 1.09. The molecular formula is C10H11Cl2NaO2. The summed E-state index contributed by atoms with van der Waals surface area (Å²) in [6.45, 7) is 0. The van der Waals surface area contributed by atoms with Gasteiger partial charge < -0.3 is 5.11 Å². The van der Waals surface area contributed by atoms with E-state index in [9.17, 15) is 4.79 Å². The van der Waals surface area contributed by atoms with E-state index in [0.29, 0.717) is 0 Å². The van der Waals surface area contributed by atoms with Crippen molar-refractivity contribution in [2.24, 2.45) is 0 Å². The van der Waals surface area contributed by atoms with E-state index in [0.717, 1.165) is 5.56 Å². The third kappa shape index (κ3) is 5.23. The Kier molecular flexibility index (Phi) is 6.89. The van der Waals surface area contributed by atoms with E-state index < -0.39 is 10.3 Å². The summed E-state index contributed by atoms with van der Waals surface area (Å²) in [5.41, 5.74) is 0.726. The Hall–Kier alpha value is 0.270. The van der Waals surface area contributed by atoms with Crippen LogP contribution < -0.4 is 0 Å². The van der Waals surface area contributed by atoms with Gasteiger partial charge >= 0.3 is 35.5 Å². The number of rotatable bonds is 4. The van der Waals surface area contributed by atoms with Crippen molar-refractivity contribution in [1.82, 2.24) is 0 Å². The summed E-state index contributed by atoms with van der Waals surface area (Å²) in [5, 5.41) is 8.51. The molecule has 5 heteroatoms. The van der Waals surface area contributed by atoms with E-state index >= 15 is 0 Å². The minimum atomic E-state index is -1.11. The average Bonchev–Trinajstić information content (AvgIpc) is 2.16. The molecule has 0 fully saturated rings. The molecular weight excluding hydrogens is 246 g/mol. The van der Waals surface area contributed by atoms with E-state index in [-0.39, 0.29) is 42.4 Å². The third-order valence-electron chi connectivity index (χ3n) is 1.85. The standard InChI is InChI=1S/C10H10Cl2O2.Na.H/c11-10(12,7-6-9(13)14)8-4-2-1-3-5-8;;/h1-5H,6-7H2,(H,13,14);;. The van der Waals surface area contributed by atoms with Crippen LogP contribution in [0.4, 0.5) is 0 Å². The fourth-order valence-corrected chi connectivity index (χ4v) is 1.53. The summed E-state index contributed by atoms with van der Waals surface area (Å²) in [6.07, 6.45) is 0.164. The Bertz CT molecular complexity index is 314. The molecule has 1 N–H and O–H groups in total. The molecule has 0 heterocycles. The first-order chi connectivity index (χ1) is 6.52. The molecule has 2 nitrogen and oxygen atoms in total. The van der Waals surface area contributed by atoms with Gasteiger partial charge in [0.2, 0.25) is 0 Å². The fraction of sp³-hybridized carbons (Fsp3) is 0.300. The Morgan fingerprint density at radius 1 is 1.27 bits per heavy atom. The van der Waals surface area contributed by atoms with Crippen LogP contribution in [0.2, 0.25) is 0 Å². The van der Waals surface area contributed by atoms with Gasteiger partial charge in [0.25, 0.3) is 0 Å². The number of hydrogen-bond acceptors (Lipinski definition) is 1. The monoisotopic (exact) mass is 256 g/mol. The van der Waals surface area contributed by atoms with E-state index in [2.05, 4.69) is 0 Å². The summed E-state index contributed by atoms with van der Waals surface area (Å²) in [4.78, 5) is 10.4. The molecule has 0 atom stereocenters. The van der Waals surface area contributed by atoms with Crippen molar-refractivity contribution < 1.29 is 9.90 Å². The van der Waals surface area contributed by atoms with E-state index in [1.165, 1.54) is 0 Å². The Labute approximate surface area is 121 Å². The van der Waals surface area contributed by atoms with E-state index in [1.807, 2.05) is 18.2 Å². The van der Waals surface area contributed by atoms with Crippen molar-refractivity contribution in [1.29, 1.82) is 0 Å². The Morgan fingerprint density at radius 3 is 2.27 bits per heavy atom. The predicted molar refractivity (Wildman–Crippen MR) is 63.8 cm³/mol. The minimum absolute atomic E-state index is 0. The zero-order chi connectivity index (χ0) is 10.6. The van der Waals surface area contributed by atoms with Crippen LogP contribution in [0.1, 0.15) is 18.4 Å². The van der Waals surface area contributed by atoms with Gasteiger partial charge in [-0.1, -0.05) is 53.5 Å². The second-order valence-corrected chi connectivity index (χ2v) is 4.45. The quantitative estimate of drug-likeness (QED) is 0.664. The van der Waals surface area contributed by atoms with Gasteiger partial charge in [-0.05, 0) is 12.0 Å². The number of halogens is 2. The molecule has 0 aromatic heterocycles. The summed E-state index contributed by atoms with van der Waals surface area (Å²) in [7, 11) is 0. The van der Waals surface area contributed by atoms with Crippen LogP contribution in [-0.2, 0) is 9.13 Å². The molecule has 0 spiro atoms. The van der Waals surface area contributed by atoms with Crippen molar-refractivity contribution in [3.63, 3.8) is 0 Å².